The Morgan fingerprint density at radius 1 is 1.33 bits per heavy atom. The first-order chi connectivity index (χ1) is 8.38. The van der Waals surface area contributed by atoms with E-state index in [2.05, 4.69) is 35.6 Å². The molecule has 0 spiro atoms. The molecule has 18 heavy (non-hydrogen) atoms. The summed E-state index contributed by atoms with van der Waals surface area (Å²) in [7, 11) is 0. The molecule has 6 heteroatoms. The molecule has 1 aliphatic rings. The number of nitrogens with zero attached hydrogens (tertiary/aromatic N) is 3. The first-order valence-electron chi connectivity index (χ1n) is 6.07. The lowest BCUT2D eigenvalue weighted by Gasteiger charge is -2.42. The number of carboxylic acids is 1. The molecule has 2 rings (SSSR count). The van der Waals surface area contributed by atoms with E-state index in [0.29, 0.717) is 4.88 Å². The highest BCUT2D eigenvalue weighted by molar-refractivity contribution is 7.17. The van der Waals surface area contributed by atoms with Crippen LogP contribution in [0.3, 0.4) is 0 Å². The Morgan fingerprint density at radius 2 is 1.94 bits per heavy atom. The van der Waals surface area contributed by atoms with Crippen LogP contribution in [0.5, 0.6) is 0 Å². The molecule has 0 unspecified atom stereocenters. The number of hydrogen-bond donors (Lipinski definition) is 1. The highest BCUT2D eigenvalue weighted by atomic mass is 32.1. The van der Waals surface area contributed by atoms with Gasteiger partial charge in [-0.05, 0) is 20.8 Å². The maximum Gasteiger partial charge on any atom is 0.347 e. The summed E-state index contributed by atoms with van der Waals surface area (Å²) >= 11 is 1.25. The molecular formula is C12H19N3O2S. The van der Waals surface area contributed by atoms with E-state index in [0.717, 1.165) is 31.3 Å². The van der Waals surface area contributed by atoms with Gasteiger partial charge in [-0.3, -0.25) is 4.90 Å². The smallest absolute Gasteiger partial charge is 0.347 e. The van der Waals surface area contributed by atoms with Crippen LogP contribution in [0.1, 0.15) is 30.4 Å². The van der Waals surface area contributed by atoms with Gasteiger partial charge in [0.25, 0.3) is 0 Å². The second kappa shape index (κ2) is 4.85. The fourth-order valence-corrected chi connectivity index (χ4v) is 2.89. The molecule has 1 aliphatic heterocycles. The summed E-state index contributed by atoms with van der Waals surface area (Å²) < 4.78 is 0. The lowest BCUT2D eigenvalue weighted by molar-refractivity contribution is 0.0702. The van der Waals surface area contributed by atoms with Crippen molar-refractivity contribution in [2.24, 2.45) is 0 Å². The molecule has 0 radical (unpaired) electrons. The Labute approximate surface area is 111 Å². The Morgan fingerprint density at radius 3 is 2.39 bits per heavy atom. The van der Waals surface area contributed by atoms with Crippen LogP contribution in [0.15, 0.2) is 6.20 Å². The van der Waals surface area contributed by atoms with E-state index < -0.39 is 5.97 Å². The number of hydrogen-bond acceptors (Lipinski definition) is 5. The van der Waals surface area contributed by atoms with Crippen molar-refractivity contribution in [2.45, 2.75) is 26.3 Å². The molecule has 100 valence electrons. The second-order valence-electron chi connectivity index (χ2n) is 5.46. The summed E-state index contributed by atoms with van der Waals surface area (Å²) in [6.45, 7) is 10.4. The number of carboxylic acid groups (broad SMARTS) is 1. The standard InChI is InChI=1S/C12H19N3O2S/c1-12(2,3)15-6-4-14(5-7-15)11-13-8-9(18-11)10(16)17/h8H,4-7H2,1-3H3,(H,16,17). The Hall–Kier alpha value is -1.14. The van der Waals surface area contributed by atoms with Gasteiger partial charge in [0.2, 0.25) is 0 Å². The Kier molecular flexibility index (Phi) is 3.59. The molecule has 0 aliphatic carbocycles. The van der Waals surface area contributed by atoms with Gasteiger partial charge < -0.3 is 10.0 Å². The van der Waals surface area contributed by atoms with Crippen LogP contribution in [0.4, 0.5) is 5.13 Å². The van der Waals surface area contributed by atoms with Gasteiger partial charge >= 0.3 is 5.97 Å². The van der Waals surface area contributed by atoms with E-state index in [4.69, 9.17) is 5.11 Å². The van der Waals surface area contributed by atoms with E-state index in [9.17, 15) is 4.79 Å². The largest absolute Gasteiger partial charge is 0.477 e. The quantitative estimate of drug-likeness (QED) is 0.886. The maximum atomic E-state index is 10.8. The Balaban J connectivity index is 1.99. The zero-order valence-electron chi connectivity index (χ0n) is 11.0. The summed E-state index contributed by atoms with van der Waals surface area (Å²) in [5, 5.41) is 9.71. The highest BCUT2D eigenvalue weighted by Crippen LogP contribution is 2.25. The highest BCUT2D eigenvalue weighted by Gasteiger charge is 2.27. The molecule has 1 fully saturated rings. The third-order valence-electron chi connectivity index (χ3n) is 3.20. The first kappa shape index (κ1) is 13.3. The van der Waals surface area contributed by atoms with Gasteiger partial charge in [-0.1, -0.05) is 11.3 Å². The van der Waals surface area contributed by atoms with Crippen LogP contribution in [-0.2, 0) is 0 Å². The number of piperazine rings is 1. The fourth-order valence-electron chi connectivity index (χ4n) is 2.08. The van der Waals surface area contributed by atoms with Crippen LogP contribution in [0.2, 0.25) is 0 Å². The topological polar surface area (TPSA) is 56.7 Å². The first-order valence-corrected chi connectivity index (χ1v) is 6.89. The van der Waals surface area contributed by atoms with E-state index in [1.165, 1.54) is 17.5 Å². The van der Waals surface area contributed by atoms with Crippen LogP contribution in [-0.4, -0.2) is 52.7 Å². The van der Waals surface area contributed by atoms with Crippen LogP contribution in [0.25, 0.3) is 0 Å². The van der Waals surface area contributed by atoms with Gasteiger partial charge in [0.15, 0.2) is 5.13 Å². The van der Waals surface area contributed by atoms with Crippen LogP contribution >= 0.6 is 11.3 Å². The minimum absolute atomic E-state index is 0.196. The summed E-state index contributed by atoms with van der Waals surface area (Å²) in [4.78, 5) is 19.9. The number of thiazole rings is 1. The average molecular weight is 269 g/mol. The van der Waals surface area contributed by atoms with Crippen LogP contribution in [0, 0.1) is 0 Å². The fraction of sp³-hybridized carbons (Fsp3) is 0.667. The lowest BCUT2D eigenvalue weighted by atomic mass is 10.1. The number of rotatable bonds is 2. The van der Waals surface area contributed by atoms with Crippen LogP contribution < -0.4 is 4.90 Å². The van der Waals surface area contributed by atoms with Gasteiger partial charge in [0.05, 0.1) is 6.20 Å². The number of anilines is 1. The summed E-state index contributed by atoms with van der Waals surface area (Å²) in [6, 6.07) is 0. The van der Waals surface area contributed by atoms with Gasteiger partial charge in [0, 0.05) is 31.7 Å². The zero-order chi connectivity index (χ0) is 13.3. The van der Waals surface area contributed by atoms with E-state index in [1.807, 2.05) is 0 Å². The summed E-state index contributed by atoms with van der Waals surface area (Å²) in [5.74, 6) is -0.896. The van der Waals surface area contributed by atoms with E-state index >= 15 is 0 Å². The molecule has 1 aromatic rings. The normalized spacial score (nSPS) is 18.1. The molecular weight excluding hydrogens is 250 g/mol. The molecule has 1 N–H and O–H groups in total. The molecule has 1 aromatic heterocycles. The molecule has 0 saturated carbocycles. The molecule has 0 amide bonds. The number of aromatic carboxylic acids is 1. The van der Waals surface area contributed by atoms with Crippen molar-refractivity contribution in [3.05, 3.63) is 11.1 Å². The molecule has 1 saturated heterocycles. The third kappa shape index (κ3) is 2.81. The minimum Gasteiger partial charge on any atom is -0.477 e. The van der Waals surface area contributed by atoms with E-state index in [-0.39, 0.29) is 5.54 Å². The van der Waals surface area contributed by atoms with Gasteiger partial charge in [-0.25, -0.2) is 9.78 Å². The molecule has 2 heterocycles. The summed E-state index contributed by atoms with van der Waals surface area (Å²) in [5.41, 5.74) is 0.196. The maximum absolute atomic E-state index is 10.8. The summed E-state index contributed by atoms with van der Waals surface area (Å²) in [6.07, 6.45) is 1.44. The van der Waals surface area contributed by atoms with Crippen molar-refractivity contribution < 1.29 is 9.90 Å². The predicted octanol–water partition coefficient (Wildman–Crippen LogP) is 1.76. The van der Waals surface area contributed by atoms with Crippen molar-refractivity contribution in [3.8, 4) is 0 Å². The SMILES string of the molecule is CC(C)(C)N1CCN(c2ncc(C(=O)O)s2)CC1. The van der Waals surface area contributed by atoms with E-state index in [1.54, 1.807) is 0 Å². The second-order valence-corrected chi connectivity index (χ2v) is 6.47. The van der Waals surface area contributed by atoms with Gasteiger partial charge in [-0.15, -0.1) is 0 Å². The molecule has 0 atom stereocenters. The molecule has 0 bridgehead atoms. The predicted molar refractivity (Wildman–Crippen MR) is 72.6 cm³/mol. The third-order valence-corrected chi connectivity index (χ3v) is 4.25. The lowest BCUT2D eigenvalue weighted by Crippen LogP contribution is -2.53. The van der Waals surface area contributed by atoms with Crippen molar-refractivity contribution in [1.82, 2.24) is 9.88 Å². The zero-order valence-corrected chi connectivity index (χ0v) is 11.8. The number of carbonyl (C=O) groups is 1. The van der Waals surface area contributed by atoms with Crippen molar-refractivity contribution in [2.75, 3.05) is 31.1 Å². The minimum atomic E-state index is -0.896. The molecule has 0 aromatic carbocycles. The molecule has 5 nitrogen and oxygen atoms in total. The average Bonchev–Trinajstić information content (AvgIpc) is 2.77. The van der Waals surface area contributed by atoms with Gasteiger partial charge in [0.1, 0.15) is 4.88 Å². The van der Waals surface area contributed by atoms with Crippen molar-refractivity contribution in [1.29, 1.82) is 0 Å². The number of aromatic nitrogens is 1. The monoisotopic (exact) mass is 269 g/mol. The van der Waals surface area contributed by atoms with Crippen molar-refractivity contribution in [3.63, 3.8) is 0 Å². The van der Waals surface area contributed by atoms with Crippen molar-refractivity contribution >= 4 is 22.4 Å². The van der Waals surface area contributed by atoms with Gasteiger partial charge in [-0.2, -0.15) is 0 Å². The Bertz CT molecular complexity index is 431.